The number of hydrogen-bond donors (Lipinski definition) is 1. The molecule has 180 valence electrons. The second kappa shape index (κ2) is 8.98. The van der Waals surface area contributed by atoms with Crippen LogP contribution in [0.25, 0.3) is 16.6 Å². The number of nitrogens with zero attached hydrogens (tertiary/aromatic N) is 6. The van der Waals surface area contributed by atoms with E-state index in [9.17, 15) is 4.79 Å². The molecule has 3 heterocycles. The van der Waals surface area contributed by atoms with Crippen molar-refractivity contribution < 1.29 is 4.79 Å². The highest BCUT2D eigenvalue weighted by Gasteiger charge is 2.34. The van der Waals surface area contributed by atoms with Crippen molar-refractivity contribution in [1.29, 1.82) is 0 Å². The van der Waals surface area contributed by atoms with Crippen LogP contribution in [0.4, 0.5) is 5.82 Å². The van der Waals surface area contributed by atoms with Crippen molar-refractivity contribution in [2.75, 3.05) is 32.1 Å². The molecule has 8 heteroatoms. The van der Waals surface area contributed by atoms with Crippen molar-refractivity contribution >= 4 is 22.6 Å². The monoisotopic (exact) mass is 461 g/mol. The Labute approximate surface area is 201 Å². The molecule has 1 N–H and O–H groups in total. The summed E-state index contributed by atoms with van der Waals surface area (Å²) in [6.45, 7) is 7.73. The van der Waals surface area contributed by atoms with Gasteiger partial charge in [0.05, 0.1) is 22.5 Å². The first kappa shape index (κ1) is 22.8. The highest BCUT2D eigenvalue weighted by molar-refractivity contribution is 5.92. The van der Waals surface area contributed by atoms with Gasteiger partial charge in [-0.3, -0.25) is 4.79 Å². The van der Waals surface area contributed by atoms with Crippen LogP contribution in [0.1, 0.15) is 42.6 Å². The summed E-state index contributed by atoms with van der Waals surface area (Å²) < 4.78 is 1.99. The topological polar surface area (TPSA) is 79.2 Å². The molecule has 0 spiro atoms. The largest absolute Gasteiger partial charge is 0.353 e. The smallest absolute Gasteiger partial charge is 0.223 e. The van der Waals surface area contributed by atoms with Gasteiger partial charge < -0.3 is 15.1 Å². The first-order valence-electron chi connectivity index (χ1n) is 12.3. The summed E-state index contributed by atoms with van der Waals surface area (Å²) in [5.41, 5.74) is 5.10. The minimum Gasteiger partial charge on any atom is -0.353 e. The average molecular weight is 462 g/mol. The quantitative estimate of drug-likeness (QED) is 0.629. The molecule has 1 saturated heterocycles. The number of benzene rings is 1. The zero-order chi connectivity index (χ0) is 24.0. The van der Waals surface area contributed by atoms with Crippen molar-refractivity contribution in [1.82, 2.24) is 30.2 Å². The number of anilines is 1. The third-order valence-corrected chi connectivity index (χ3v) is 7.62. The SMILES string of the molecule is Cc1ccc(-n2nc3c(N4CCC(C(=O)N[C@H]5C[C@H](N(C)C)C5)CC4)nnc(C)c3c2C)cc1. The standard InChI is InChI=1S/C26H35N7O/c1-16-6-8-21(9-7-16)33-18(3)23-17(2)28-29-25(24(23)30-33)32-12-10-19(11-13-32)26(34)27-20-14-22(15-20)31(4)5/h6-9,19-20,22H,10-15H2,1-5H3,(H,27,34)/t20-,22-. The van der Waals surface area contributed by atoms with Gasteiger partial charge in [-0.2, -0.15) is 10.2 Å². The predicted molar refractivity (Wildman–Crippen MR) is 134 cm³/mol. The van der Waals surface area contributed by atoms with Gasteiger partial charge in [0, 0.05) is 31.1 Å². The van der Waals surface area contributed by atoms with E-state index in [1.165, 1.54) is 5.56 Å². The summed E-state index contributed by atoms with van der Waals surface area (Å²) in [5.74, 6) is 1.10. The van der Waals surface area contributed by atoms with Gasteiger partial charge in [0.15, 0.2) is 5.82 Å². The van der Waals surface area contributed by atoms with Gasteiger partial charge in [0.2, 0.25) is 5.91 Å². The van der Waals surface area contributed by atoms with Crippen molar-refractivity contribution in [3.05, 3.63) is 41.2 Å². The van der Waals surface area contributed by atoms with E-state index in [2.05, 4.69) is 77.5 Å². The molecule has 1 aliphatic carbocycles. The van der Waals surface area contributed by atoms with Crippen LogP contribution in [0.5, 0.6) is 0 Å². The van der Waals surface area contributed by atoms with Gasteiger partial charge in [0.25, 0.3) is 0 Å². The lowest BCUT2D eigenvalue weighted by molar-refractivity contribution is -0.127. The van der Waals surface area contributed by atoms with Crippen LogP contribution in [0.15, 0.2) is 24.3 Å². The van der Waals surface area contributed by atoms with Gasteiger partial charge in [-0.05, 0) is 72.7 Å². The van der Waals surface area contributed by atoms with Gasteiger partial charge in [-0.1, -0.05) is 17.7 Å². The maximum absolute atomic E-state index is 12.8. The molecule has 1 aliphatic heterocycles. The number of rotatable bonds is 5. The molecular weight excluding hydrogens is 426 g/mol. The van der Waals surface area contributed by atoms with Crippen molar-refractivity contribution in [2.24, 2.45) is 5.92 Å². The zero-order valence-electron chi connectivity index (χ0n) is 20.9. The van der Waals surface area contributed by atoms with Crippen LogP contribution in [0, 0.1) is 26.7 Å². The van der Waals surface area contributed by atoms with E-state index < -0.39 is 0 Å². The number of fused-ring (bicyclic) bond motifs is 1. The Balaban J connectivity index is 1.31. The van der Waals surface area contributed by atoms with Crippen LogP contribution in [0.3, 0.4) is 0 Å². The number of nitrogens with one attached hydrogen (secondary N) is 1. The molecule has 2 fully saturated rings. The lowest BCUT2D eigenvalue weighted by atomic mass is 9.85. The molecule has 8 nitrogen and oxygen atoms in total. The highest BCUT2D eigenvalue weighted by atomic mass is 16.2. The normalized spacial score (nSPS) is 21.2. The fraction of sp³-hybridized carbons (Fsp3) is 0.538. The van der Waals surface area contributed by atoms with E-state index in [0.29, 0.717) is 12.1 Å². The van der Waals surface area contributed by atoms with Crippen molar-refractivity contribution in [2.45, 2.75) is 58.5 Å². The van der Waals surface area contributed by atoms with Crippen LogP contribution >= 0.6 is 0 Å². The molecule has 2 aliphatic rings. The molecule has 0 radical (unpaired) electrons. The van der Waals surface area contributed by atoms with Crippen molar-refractivity contribution in [3.8, 4) is 5.69 Å². The van der Waals surface area contributed by atoms with Gasteiger partial charge in [-0.25, -0.2) is 4.68 Å². The third-order valence-electron chi connectivity index (χ3n) is 7.62. The number of aromatic nitrogens is 4. The molecule has 1 amide bonds. The van der Waals surface area contributed by atoms with Crippen LogP contribution in [0.2, 0.25) is 0 Å². The summed E-state index contributed by atoms with van der Waals surface area (Å²) in [5, 5.41) is 18.3. The molecule has 2 aromatic heterocycles. The molecule has 5 rings (SSSR count). The maximum Gasteiger partial charge on any atom is 0.223 e. The number of piperidine rings is 1. The van der Waals surface area contributed by atoms with E-state index in [1.807, 2.05) is 11.6 Å². The summed E-state index contributed by atoms with van der Waals surface area (Å²) in [6, 6.07) is 9.32. The average Bonchev–Trinajstić information content (AvgIpc) is 3.14. The third kappa shape index (κ3) is 4.15. The van der Waals surface area contributed by atoms with E-state index in [1.54, 1.807) is 0 Å². The van der Waals surface area contributed by atoms with E-state index >= 15 is 0 Å². The van der Waals surface area contributed by atoms with Gasteiger partial charge in [-0.15, -0.1) is 5.10 Å². The maximum atomic E-state index is 12.8. The highest BCUT2D eigenvalue weighted by Crippen LogP contribution is 2.32. The Morgan fingerprint density at radius 2 is 1.71 bits per heavy atom. The molecule has 0 unspecified atom stereocenters. The van der Waals surface area contributed by atoms with Gasteiger partial charge >= 0.3 is 0 Å². The number of carbonyl (C=O) groups excluding carboxylic acids is 1. The van der Waals surface area contributed by atoms with Crippen LogP contribution in [-0.2, 0) is 4.79 Å². The molecule has 0 bridgehead atoms. The number of aryl methyl sites for hydroxylation is 3. The molecule has 1 aromatic carbocycles. The Morgan fingerprint density at radius 3 is 2.35 bits per heavy atom. The minimum atomic E-state index is 0.0652. The Kier molecular flexibility index (Phi) is 6.02. The Bertz CT molecular complexity index is 1190. The fourth-order valence-electron chi connectivity index (χ4n) is 5.26. The molecule has 0 atom stereocenters. The first-order chi connectivity index (χ1) is 16.3. The Morgan fingerprint density at radius 1 is 1.03 bits per heavy atom. The lowest BCUT2D eigenvalue weighted by Gasteiger charge is -2.41. The first-order valence-corrected chi connectivity index (χ1v) is 12.3. The second-order valence-electron chi connectivity index (χ2n) is 10.2. The lowest BCUT2D eigenvalue weighted by Crippen LogP contribution is -2.53. The van der Waals surface area contributed by atoms with E-state index in [0.717, 1.165) is 72.6 Å². The van der Waals surface area contributed by atoms with Gasteiger partial charge in [0.1, 0.15) is 5.52 Å². The number of hydrogen-bond acceptors (Lipinski definition) is 6. The number of amides is 1. The molecule has 1 saturated carbocycles. The molecule has 34 heavy (non-hydrogen) atoms. The minimum absolute atomic E-state index is 0.0652. The van der Waals surface area contributed by atoms with E-state index in [-0.39, 0.29) is 11.8 Å². The predicted octanol–water partition coefficient (Wildman–Crippen LogP) is 3.17. The van der Waals surface area contributed by atoms with Crippen LogP contribution < -0.4 is 10.2 Å². The van der Waals surface area contributed by atoms with Crippen molar-refractivity contribution in [3.63, 3.8) is 0 Å². The van der Waals surface area contributed by atoms with Crippen LogP contribution in [-0.4, -0.2) is 70.1 Å². The zero-order valence-corrected chi connectivity index (χ0v) is 20.9. The fourth-order valence-corrected chi connectivity index (χ4v) is 5.26. The molecular formula is C26H35N7O. The Hall–Kier alpha value is -3.00. The number of carbonyl (C=O) groups is 1. The molecule has 3 aromatic rings. The summed E-state index contributed by atoms with van der Waals surface area (Å²) >= 11 is 0. The summed E-state index contributed by atoms with van der Waals surface area (Å²) in [6.07, 6.45) is 3.75. The second-order valence-corrected chi connectivity index (χ2v) is 10.2. The summed E-state index contributed by atoms with van der Waals surface area (Å²) in [7, 11) is 4.21. The van der Waals surface area contributed by atoms with E-state index in [4.69, 9.17) is 5.10 Å². The summed E-state index contributed by atoms with van der Waals surface area (Å²) in [4.78, 5) is 17.3.